The maximum Gasteiger partial charge on any atom is 0.193 e. The minimum absolute atomic E-state index is 0. The zero-order valence-corrected chi connectivity index (χ0v) is 21.2. The molecule has 30 heavy (non-hydrogen) atoms. The second-order valence-electron chi connectivity index (χ2n) is 6.66. The predicted molar refractivity (Wildman–Crippen MR) is 135 cm³/mol. The normalized spacial score (nSPS) is 14.2. The summed E-state index contributed by atoms with van der Waals surface area (Å²) in [5, 5.41) is 6.95. The van der Waals surface area contributed by atoms with Crippen molar-refractivity contribution >= 4 is 46.3 Å². The fourth-order valence-electron chi connectivity index (χ4n) is 3.54. The molecule has 0 aliphatic carbocycles. The van der Waals surface area contributed by atoms with Gasteiger partial charge in [0.05, 0.1) is 26.3 Å². The molecule has 2 heterocycles. The molecule has 1 aromatic carbocycles. The van der Waals surface area contributed by atoms with E-state index in [0.717, 1.165) is 67.9 Å². The number of hydrogen-bond donors (Lipinski definition) is 1. The number of thiophene rings is 1. The molecular weight excluding hydrogens is 515 g/mol. The molecule has 1 fully saturated rings. The van der Waals surface area contributed by atoms with Gasteiger partial charge in [0, 0.05) is 57.5 Å². The summed E-state index contributed by atoms with van der Waals surface area (Å²) < 4.78 is 16.4. The third-order valence-corrected chi connectivity index (χ3v) is 6.01. The minimum atomic E-state index is 0. The van der Waals surface area contributed by atoms with Crippen LogP contribution in [0.3, 0.4) is 0 Å². The number of anilines is 1. The van der Waals surface area contributed by atoms with Crippen molar-refractivity contribution in [1.29, 1.82) is 0 Å². The number of benzene rings is 1. The van der Waals surface area contributed by atoms with Crippen LogP contribution in [0, 0.1) is 0 Å². The largest absolute Gasteiger partial charge is 0.496 e. The van der Waals surface area contributed by atoms with Crippen molar-refractivity contribution in [3.05, 3.63) is 35.2 Å². The van der Waals surface area contributed by atoms with Crippen molar-refractivity contribution in [2.45, 2.75) is 6.42 Å². The topological polar surface area (TPSA) is 58.6 Å². The standard InChI is InChI=1S/C21H30N4O3S.HI/c1-22-21(25-11-9-24(10-12-25)20-6-5-13-29-20)23-8-7-17-18(27-3)14-16(26-2)15-19(17)28-4;/h5-6,13-15H,7-12H2,1-4H3,(H,22,23);1H. The number of aliphatic imine (C=N–C) groups is 1. The van der Waals surface area contributed by atoms with Gasteiger partial charge in [-0.1, -0.05) is 0 Å². The average molecular weight is 546 g/mol. The van der Waals surface area contributed by atoms with Crippen LogP contribution >= 0.6 is 35.3 Å². The molecule has 9 heteroatoms. The zero-order chi connectivity index (χ0) is 20.6. The molecule has 0 spiro atoms. The maximum atomic E-state index is 5.54. The van der Waals surface area contributed by atoms with Crippen molar-refractivity contribution in [3.8, 4) is 17.2 Å². The Balaban J connectivity index is 0.00000320. The van der Waals surface area contributed by atoms with Crippen LogP contribution in [0.1, 0.15) is 5.56 Å². The molecule has 3 rings (SSSR count). The highest BCUT2D eigenvalue weighted by Gasteiger charge is 2.20. The second kappa shape index (κ2) is 12.1. The van der Waals surface area contributed by atoms with Gasteiger partial charge >= 0.3 is 0 Å². The maximum absolute atomic E-state index is 5.54. The molecule has 1 aromatic heterocycles. The Morgan fingerprint density at radius 2 is 1.73 bits per heavy atom. The van der Waals surface area contributed by atoms with E-state index in [-0.39, 0.29) is 24.0 Å². The second-order valence-corrected chi connectivity index (χ2v) is 7.59. The molecule has 1 aliphatic heterocycles. The summed E-state index contributed by atoms with van der Waals surface area (Å²) in [6.07, 6.45) is 0.754. The summed E-state index contributed by atoms with van der Waals surface area (Å²) in [6.45, 7) is 4.64. The van der Waals surface area contributed by atoms with Crippen LogP contribution in [-0.4, -0.2) is 72.0 Å². The Labute approximate surface area is 200 Å². The van der Waals surface area contributed by atoms with Gasteiger partial charge in [0.15, 0.2) is 5.96 Å². The van der Waals surface area contributed by atoms with Crippen molar-refractivity contribution in [1.82, 2.24) is 10.2 Å². The highest BCUT2D eigenvalue weighted by atomic mass is 127. The molecule has 1 aliphatic rings. The lowest BCUT2D eigenvalue weighted by molar-refractivity contribution is 0.366. The fraction of sp³-hybridized carbons (Fsp3) is 0.476. The number of nitrogens with one attached hydrogen (secondary N) is 1. The van der Waals surface area contributed by atoms with Gasteiger partial charge in [-0.15, -0.1) is 35.3 Å². The molecular formula is C21H31IN4O3S. The monoisotopic (exact) mass is 546 g/mol. The predicted octanol–water partition coefficient (Wildman–Crippen LogP) is 3.33. The third-order valence-electron chi connectivity index (χ3n) is 5.08. The van der Waals surface area contributed by atoms with Gasteiger partial charge in [0.1, 0.15) is 17.2 Å². The molecule has 0 amide bonds. The highest BCUT2D eigenvalue weighted by Crippen LogP contribution is 2.34. The minimum Gasteiger partial charge on any atom is -0.496 e. The first kappa shape index (κ1) is 24.4. The average Bonchev–Trinajstić information content (AvgIpc) is 3.31. The SMILES string of the molecule is CN=C(NCCc1c(OC)cc(OC)cc1OC)N1CCN(c2cccs2)CC1.I. The van der Waals surface area contributed by atoms with E-state index in [9.17, 15) is 0 Å². The van der Waals surface area contributed by atoms with E-state index in [1.807, 2.05) is 19.2 Å². The number of piperazine rings is 1. The van der Waals surface area contributed by atoms with E-state index in [2.05, 4.69) is 37.6 Å². The number of nitrogens with zero attached hydrogens (tertiary/aromatic N) is 3. The molecule has 0 unspecified atom stereocenters. The molecule has 0 bridgehead atoms. The van der Waals surface area contributed by atoms with Crippen molar-refractivity contribution in [2.75, 3.05) is 66.0 Å². The quantitative estimate of drug-likeness (QED) is 0.327. The molecule has 0 radical (unpaired) electrons. The number of hydrogen-bond acceptors (Lipinski definition) is 6. The number of methoxy groups -OCH3 is 3. The van der Waals surface area contributed by atoms with Crippen LogP contribution in [0.5, 0.6) is 17.2 Å². The Morgan fingerprint density at radius 3 is 2.23 bits per heavy atom. The van der Waals surface area contributed by atoms with Crippen LogP contribution in [0.4, 0.5) is 5.00 Å². The number of ether oxygens (including phenoxy) is 3. The van der Waals surface area contributed by atoms with Gasteiger partial charge in [-0.05, 0) is 23.9 Å². The number of rotatable bonds is 7. The van der Waals surface area contributed by atoms with Gasteiger partial charge in [-0.25, -0.2) is 0 Å². The summed E-state index contributed by atoms with van der Waals surface area (Å²) in [5.74, 6) is 3.18. The van der Waals surface area contributed by atoms with E-state index in [1.165, 1.54) is 5.00 Å². The molecule has 7 nitrogen and oxygen atoms in total. The summed E-state index contributed by atoms with van der Waals surface area (Å²) in [5.41, 5.74) is 1.02. The molecule has 1 saturated heterocycles. The first-order valence-corrected chi connectivity index (χ1v) is 10.6. The van der Waals surface area contributed by atoms with Crippen LogP contribution in [0.15, 0.2) is 34.6 Å². The molecule has 0 saturated carbocycles. The zero-order valence-electron chi connectivity index (χ0n) is 18.0. The van der Waals surface area contributed by atoms with Crippen molar-refractivity contribution < 1.29 is 14.2 Å². The van der Waals surface area contributed by atoms with Crippen LogP contribution in [0.25, 0.3) is 0 Å². The van der Waals surface area contributed by atoms with E-state index < -0.39 is 0 Å². The van der Waals surface area contributed by atoms with E-state index in [4.69, 9.17) is 14.2 Å². The summed E-state index contributed by atoms with van der Waals surface area (Å²) >= 11 is 1.79. The lowest BCUT2D eigenvalue weighted by Gasteiger charge is -2.37. The Morgan fingerprint density at radius 1 is 1.07 bits per heavy atom. The summed E-state index contributed by atoms with van der Waals surface area (Å²) in [6, 6.07) is 8.06. The molecule has 0 atom stereocenters. The number of guanidine groups is 1. The summed E-state index contributed by atoms with van der Waals surface area (Å²) in [4.78, 5) is 9.22. The van der Waals surface area contributed by atoms with E-state index in [1.54, 1.807) is 32.7 Å². The van der Waals surface area contributed by atoms with Crippen LogP contribution in [-0.2, 0) is 6.42 Å². The van der Waals surface area contributed by atoms with Gasteiger partial charge in [-0.3, -0.25) is 4.99 Å². The first-order valence-electron chi connectivity index (χ1n) is 9.73. The van der Waals surface area contributed by atoms with E-state index >= 15 is 0 Å². The van der Waals surface area contributed by atoms with Gasteiger partial charge in [0.25, 0.3) is 0 Å². The Hall–Kier alpha value is -1.88. The lowest BCUT2D eigenvalue weighted by Crippen LogP contribution is -2.52. The lowest BCUT2D eigenvalue weighted by atomic mass is 10.1. The number of halogens is 1. The molecule has 1 N–H and O–H groups in total. The Bertz CT molecular complexity index is 784. The highest BCUT2D eigenvalue weighted by molar-refractivity contribution is 14.0. The third kappa shape index (κ3) is 5.84. The van der Waals surface area contributed by atoms with Crippen molar-refractivity contribution in [2.24, 2.45) is 4.99 Å². The first-order chi connectivity index (χ1) is 14.2. The molecule has 166 valence electrons. The van der Waals surface area contributed by atoms with Crippen LogP contribution in [0.2, 0.25) is 0 Å². The summed E-state index contributed by atoms with van der Waals surface area (Å²) in [7, 11) is 6.80. The fourth-order valence-corrected chi connectivity index (χ4v) is 4.33. The van der Waals surface area contributed by atoms with Crippen LogP contribution < -0.4 is 24.4 Å². The smallest absolute Gasteiger partial charge is 0.193 e. The Kier molecular flexibility index (Phi) is 9.83. The van der Waals surface area contributed by atoms with Gasteiger partial charge < -0.3 is 29.3 Å². The van der Waals surface area contributed by atoms with Gasteiger partial charge in [-0.2, -0.15) is 0 Å². The van der Waals surface area contributed by atoms with E-state index in [0.29, 0.717) is 0 Å². The molecule has 2 aromatic rings. The van der Waals surface area contributed by atoms with Gasteiger partial charge in [0.2, 0.25) is 0 Å². The van der Waals surface area contributed by atoms with Crippen molar-refractivity contribution in [3.63, 3.8) is 0 Å².